The van der Waals surface area contributed by atoms with E-state index in [0.717, 1.165) is 0 Å². The molecule has 0 unspecified atom stereocenters. The van der Waals surface area contributed by atoms with Crippen LogP contribution >= 0.6 is 11.6 Å². The molecule has 0 aliphatic rings. The van der Waals surface area contributed by atoms with Gasteiger partial charge in [-0.3, -0.25) is 0 Å². The molecule has 1 aromatic carbocycles. The Morgan fingerprint density at radius 3 is 2.80 bits per heavy atom. The summed E-state index contributed by atoms with van der Waals surface area (Å²) in [5.41, 5.74) is 7.14. The Bertz CT molecular complexity index is 634. The van der Waals surface area contributed by atoms with Crippen molar-refractivity contribution in [3.8, 4) is 5.88 Å². The Morgan fingerprint density at radius 1 is 1.30 bits per heavy atom. The fraction of sp³-hybridized carbons (Fsp3) is 0.0769. The summed E-state index contributed by atoms with van der Waals surface area (Å²) in [6, 6.07) is 7.66. The van der Waals surface area contributed by atoms with Gasteiger partial charge in [0, 0.05) is 23.6 Å². The lowest BCUT2D eigenvalue weighted by Crippen LogP contribution is -2.19. The number of methoxy groups -OCH3 is 1. The van der Waals surface area contributed by atoms with Gasteiger partial charge in [-0.05, 0) is 24.3 Å². The van der Waals surface area contributed by atoms with Gasteiger partial charge in [-0.2, -0.15) is 0 Å². The van der Waals surface area contributed by atoms with Crippen LogP contribution in [0.3, 0.4) is 0 Å². The standard InChI is InChI=1S/C13H13ClN4O2/c1-20-12-7-9(4-5-16-12)17-13(19)18-11-3-2-8(15)6-10(11)14/h2-7H,15H2,1H3,(H2,16,17,18,19). The molecule has 2 amide bonds. The second-order valence-electron chi connectivity index (χ2n) is 3.91. The van der Waals surface area contributed by atoms with Gasteiger partial charge >= 0.3 is 6.03 Å². The minimum atomic E-state index is -0.426. The van der Waals surface area contributed by atoms with Crippen LogP contribution in [0, 0.1) is 0 Å². The molecule has 2 rings (SSSR count). The molecule has 104 valence electrons. The van der Waals surface area contributed by atoms with Crippen LogP contribution in [0.5, 0.6) is 5.88 Å². The summed E-state index contributed by atoms with van der Waals surface area (Å²) in [4.78, 5) is 15.8. The van der Waals surface area contributed by atoms with E-state index in [4.69, 9.17) is 22.1 Å². The number of urea groups is 1. The monoisotopic (exact) mass is 292 g/mol. The highest BCUT2D eigenvalue weighted by atomic mass is 35.5. The van der Waals surface area contributed by atoms with Crippen LogP contribution in [0.2, 0.25) is 5.02 Å². The number of rotatable bonds is 3. The van der Waals surface area contributed by atoms with E-state index >= 15 is 0 Å². The Balaban J connectivity index is 2.05. The third-order valence-electron chi connectivity index (χ3n) is 2.44. The molecule has 2 aromatic rings. The SMILES string of the molecule is COc1cc(NC(=O)Nc2ccc(N)cc2Cl)ccn1. The fourth-order valence-corrected chi connectivity index (χ4v) is 1.75. The van der Waals surface area contributed by atoms with Crippen molar-refractivity contribution in [2.75, 3.05) is 23.5 Å². The quantitative estimate of drug-likeness (QED) is 0.759. The molecule has 0 aliphatic heterocycles. The van der Waals surface area contributed by atoms with Crippen molar-refractivity contribution in [2.45, 2.75) is 0 Å². The van der Waals surface area contributed by atoms with E-state index in [1.807, 2.05) is 0 Å². The molecule has 7 heteroatoms. The summed E-state index contributed by atoms with van der Waals surface area (Å²) in [5, 5.41) is 5.64. The second-order valence-corrected chi connectivity index (χ2v) is 4.31. The van der Waals surface area contributed by atoms with Gasteiger partial charge in [0.1, 0.15) is 0 Å². The average molecular weight is 293 g/mol. The molecular formula is C13H13ClN4O2. The van der Waals surface area contributed by atoms with Crippen LogP contribution in [0.4, 0.5) is 21.9 Å². The Labute approximate surface area is 120 Å². The highest BCUT2D eigenvalue weighted by Gasteiger charge is 2.07. The number of ether oxygens (including phenoxy) is 1. The molecule has 6 nitrogen and oxygen atoms in total. The van der Waals surface area contributed by atoms with Crippen LogP contribution < -0.4 is 21.1 Å². The molecule has 20 heavy (non-hydrogen) atoms. The maximum atomic E-state index is 11.8. The number of anilines is 3. The summed E-state index contributed by atoms with van der Waals surface area (Å²) < 4.78 is 4.97. The summed E-state index contributed by atoms with van der Waals surface area (Å²) in [5.74, 6) is 0.410. The third-order valence-corrected chi connectivity index (χ3v) is 2.76. The Morgan fingerprint density at radius 2 is 2.10 bits per heavy atom. The molecule has 0 spiro atoms. The number of nitrogens with two attached hydrogens (primary N) is 1. The number of benzene rings is 1. The number of halogens is 1. The predicted octanol–water partition coefficient (Wildman–Crippen LogP) is 2.97. The van der Waals surface area contributed by atoms with Gasteiger partial charge in [-0.25, -0.2) is 9.78 Å². The first-order valence-corrected chi connectivity index (χ1v) is 6.09. The highest BCUT2D eigenvalue weighted by Crippen LogP contribution is 2.24. The minimum Gasteiger partial charge on any atom is -0.481 e. The zero-order chi connectivity index (χ0) is 14.5. The maximum Gasteiger partial charge on any atom is 0.323 e. The van der Waals surface area contributed by atoms with Gasteiger partial charge in [0.05, 0.1) is 17.8 Å². The molecule has 4 N–H and O–H groups in total. The van der Waals surface area contributed by atoms with Crippen molar-refractivity contribution < 1.29 is 9.53 Å². The van der Waals surface area contributed by atoms with E-state index in [1.165, 1.54) is 13.3 Å². The van der Waals surface area contributed by atoms with Crippen LogP contribution in [-0.4, -0.2) is 18.1 Å². The summed E-state index contributed by atoms with van der Waals surface area (Å²) in [6.07, 6.45) is 1.53. The largest absolute Gasteiger partial charge is 0.481 e. The lowest BCUT2D eigenvalue weighted by molar-refractivity contribution is 0.262. The lowest BCUT2D eigenvalue weighted by atomic mass is 10.3. The minimum absolute atomic E-state index is 0.368. The van der Waals surface area contributed by atoms with Gasteiger partial charge in [-0.15, -0.1) is 0 Å². The van der Waals surface area contributed by atoms with Crippen molar-refractivity contribution in [3.63, 3.8) is 0 Å². The summed E-state index contributed by atoms with van der Waals surface area (Å²) >= 11 is 5.97. The molecule has 1 aromatic heterocycles. The number of nitrogens with zero attached hydrogens (tertiary/aromatic N) is 1. The van der Waals surface area contributed by atoms with Gasteiger partial charge in [0.2, 0.25) is 5.88 Å². The van der Waals surface area contributed by atoms with Gasteiger partial charge < -0.3 is 21.1 Å². The number of aromatic nitrogens is 1. The molecule has 0 atom stereocenters. The van der Waals surface area contributed by atoms with E-state index in [-0.39, 0.29) is 0 Å². The average Bonchev–Trinajstić information content (AvgIpc) is 2.42. The van der Waals surface area contributed by atoms with E-state index in [1.54, 1.807) is 30.3 Å². The lowest BCUT2D eigenvalue weighted by Gasteiger charge is -2.10. The van der Waals surface area contributed by atoms with Crippen LogP contribution in [0.15, 0.2) is 36.5 Å². The van der Waals surface area contributed by atoms with E-state index in [2.05, 4.69) is 15.6 Å². The number of carbonyl (C=O) groups is 1. The van der Waals surface area contributed by atoms with Crippen molar-refractivity contribution >= 4 is 34.7 Å². The first-order chi connectivity index (χ1) is 9.58. The molecule has 0 fully saturated rings. The fourth-order valence-electron chi connectivity index (χ4n) is 1.52. The summed E-state index contributed by atoms with van der Waals surface area (Å²) in [7, 11) is 1.50. The number of hydrogen-bond acceptors (Lipinski definition) is 4. The number of hydrogen-bond donors (Lipinski definition) is 3. The molecule has 0 saturated heterocycles. The number of pyridine rings is 1. The zero-order valence-electron chi connectivity index (χ0n) is 10.7. The number of amides is 2. The van der Waals surface area contributed by atoms with Crippen molar-refractivity contribution in [1.29, 1.82) is 0 Å². The van der Waals surface area contributed by atoms with Crippen molar-refractivity contribution in [2.24, 2.45) is 0 Å². The van der Waals surface area contributed by atoms with Crippen molar-refractivity contribution in [3.05, 3.63) is 41.6 Å². The van der Waals surface area contributed by atoms with Gasteiger partial charge in [0.15, 0.2) is 0 Å². The molecule has 0 aliphatic carbocycles. The van der Waals surface area contributed by atoms with Gasteiger partial charge in [0.25, 0.3) is 0 Å². The number of nitrogen functional groups attached to an aromatic ring is 1. The zero-order valence-corrected chi connectivity index (χ0v) is 11.4. The molecule has 1 heterocycles. The number of carbonyl (C=O) groups excluding carboxylic acids is 1. The normalized spacial score (nSPS) is 9.90. The topological polar surface area (TPSA) is 89.3 Å². The third kappa shape index (κ3) is 3.52. The number of nitrogens with one attached hydrogen (secondary N) is 2. The maximum absolute atomic E-state index is 11.8. The highest BCUT2D eigenvalue weighted by molar-refractivity contribution is 6.34. The van der Waals surface area contributed by atoms with Crippen LogP contribution in [0.1, 0.15) is 0 Å². The van der Waals surface area contributed by atoms with E-state index in [9.17, 15) is 4.79 Å². The smallest absolute Gasteiger partial charge is 0.323 e. The molecular weight excluding hydrogens is 280 g/mol. The first-order valence-electron chi connectivity index (χ1n) is 5.71. The van der Waals surface area contributed by atoms with E-state index < -0.39 is 6.03 Å². The van der Waals surface area contributed by atoms with E-state index in [0.29, 0.717) is 28.0 Å². The Kier molecular flexibility index (Phi) is 4.27. The Hall–Kier alpha value is -2.47. The second kappa shape index (κ2) is 6.12. The summed E-state index contributed by atoms with van der Waals surface area (Å²) in [6.45, 7) is 0. The van der Waals surface area contributed by atoms with Crippen LogP contribution in [0.25, 0.3) is 0 Å². The van der Waals surface area contributed by atoms with Crippen LogP contribution in [-0.2, 0) is 0 Å². The molecule has 0 saturated carbocycles. The van der Waals surface area contributed by atoms with Gasteiger partial charge in [-0.1, -0.05) is 11.6 Å². The molecule has 0 radical (unpaired) electrons. The molecule has 0 bridgehead atoms. The first kappa shape index (κ1) is 14.0. The predicted molar refractivity (Wildman–Crippen MR) is 79.3 cm³/mol. The van der Waals surface area contributed by atoms with Crippen molar-refractivity contribution in [1.82, 2.24) is 4.98 Å².